The first-order valence-corrected chi connectivity index (χ1v) is 6.21. The molecule has 1 heterocycles. The fraction of sp³-hybridized carbons (Fsp3) is 0.429. The second-order valence-electron chi connectivity index (χ2n) is 4.41. The van der Waals surface area contributed by atoms with Gasteiger partial charge in [0, 0.05) is 13.7 Å². The third-order valence-electron chi connectivity index (χ3n) is 3.21. The number of amides is 1. The molecular weight excluding hydrogens is 246 g/mol. The highest BCUT2D eigenvalue weighted by Crippen LogP contribution is 2.23. The van der Waals surface area contributed by atoms with Crippen LogP contribution in [0.1, 0.15) is 23.2 Å². The quantitative estimate of drug-likeness (QED) is 0.777. The molecule has 1 aliphatic rings. The molecule has 1 aromatic rings. The van der Waals surface area contributed by atoms with Crippen molar-refractivity contribution in [3.63, 3.8) is 0 Å². The molecule has 0 radical (unpaired) electrons. The number of carbonyl (C=O) groups excluding carboxylic acids is 2. The SMILES string of the molecule is COC(=O)c1ccccc1N(C)C(=O)[C@H]1CCCO1. The van der Waals surface area contributed by atoms with Crippen molar-refractivity contribution >= 4 is 17.6 Å². The summed E-state index contributed by atoms with van der Waals surface area (Å²) in [5.41, 5.74) is 0.911. The minimum atomic E-state index is -0.456. The van der Waals surface area contributed by atoms with Crippen LogP contribution in [0.15, 0.2) is 24.3 Å². The molecular formula is C14H17NO4. The van der Waals surface area contributed by atoms with Crippen molar-refractivity contribution < 1.29 is 19.1 Å². The van der Waals surface area contributed by atoms with Crippen molar-refractivity contribution in [3.05, 3.63) is 29.8 Å². The minimum Gasteiger partial charge on any atom is -0.465 e. The number of carbonyl (C=O) groups is 2. The molecule has 0 aliphatic carbocycles. The Morgan fingerprint density at radius 2 is 2.11 bits per heavy atom. The molecule has 102 valence electrons. The zero-order chi connectivity index (χ0) is 13.8. The van der Waals surface area contributed by atoms with Gasteiger partial charge in [0.05, 0.1) is 18.4 Å². The number of hydrogen-bond donors (Lipinski definition) is 0. The Morgan fingerprint density at radius 1 is 1.37 bits per heavy atom. The number of rotatable bonds is 3. The van der Waals surface area contributed by atoms with Gasteiger partial charge in [-0.25, -0.2) is 4.79 Å². The van der Waals surface area contributed by atoms with Gasteiger partial charge in [-0.1, -0.05) is 12.1 Å². The Hall–Kier alpha value is -1.88. The van der Waals surface area contributed by atoms with Gasteiger partial charge in [-0.15, -0.1) is 0 Å². The summed E-state index contributed by atoms with van der Waals surface area (Å²) in [6.07, 6.45) is 1.21. The van der Waals surface area contributed by atoms with Gasteiger partial charge in [0.2, 0.25) is 0 Å². The lowest BCUT2D eigenvalue weighted by Crippen LogP contribution is -2.36. The average Bonchev–Trinajstić information content (AvgIpc) is 2.99. The predicted octanol–water partition coefficient (Wildman–Crippen LogP) is 1.61. The molecule has 0 saturated carbocycles. The van der Waals surface area contributed by atoms with Crippen LogP contribution >= 0.6 is 0 Å². The van der Waals surface area contributed by atoms with Crippen molar-refractivity contribution in [2.75, 3.05) is 25.7 Å². The second-order valence-corrected chi connectivity index (χ2v) is 4.41. The number of anilines is 1. The third-order valence-corrected chi connectivity index (χ3v) is 3.21. The molecule has 1 atom stereocenters. The Morgan fingerprint density at radius 3 is 2.74 bits per heavy atom. The van der Waals surface area contributed by atoms with E-state index in [4.69, 9.17) is 9.47 Å². The molecule has 5 nitrogen and oxygen atoms in total. The highest BCUT2D eigenvalue weighted by Gasteiger charge is 2.28. The van der Waals surface area contributed by atoms with Crippen molar-refractivity contribution in [2.24, 2.45) is 0 Å². The molecule has 1 saturated heterocycles. The molecule has 1 amide bonds. The summed E-state index contributed by atoms with van der Waals surface area (Å²) in [7, 11) is 2.97. The van der Waals surface area contributed by atoms with E-state index in [0.717, 1.165) is 12.8 Å². The number of esters is 1. The number of para-hydroxylation sites is 1. The Kier molecular flexibility index (Phi) is 4.16. The van der Waals surface area contributed by atoms with E-state index >= 15 is 0 Å². The monoisotopic (exact) mass is 263 g/mol. The summed E-state index contributed by atoms with van der Waals surface area (Å²) in [6, 6.07) is 6.88. The summed E-state index contributed by atoms with van der Waals surface area (Å²) in [4.78, 5) is 25.4. The van der Waals surface area contributed by atoms with Crippen LogP contribution in [0, 0.1) is 0 Å². The van der Waals surface area contributed by atoms with Crippen molar-refractivity contribution in [3.8, 4) is 0 Å². The fourth-order valence-corrected chi connectivity index (χ4v) is 2.16. The summed E-state index contributed by atoms with van der Waals surface area (Å²) in [5.74, 6) is -0.587. The first-order valence-electron chi connectivity index (χ1n) is 6.21. The minimum absolute atomic E-state index is 0.131. The molecule has 0 bridgehead atoms. The number of hydrogen-bond acceptors (Lipinski definition) is 4. The molecule has 1 aliphatic heterocycles. The van der Waals surface area contributed by atoms with E-state index in [-0.39, 0.29) is 5.91 Å². The molecule has 1 aromatic carbocycles. The van der Waals surface area contributed by atoms with Crippen LogP contribution in [0.4, 0.5) is 5.69 Å². The number of ether oxygens (including phenoxy) is 2. The van der Waals surface area contributed by atoms with Crippen molar-refractivity contribution in [1.29, 1.82) is 0 Å². The summed E-state index contributed by atoms with van der Waals surface area (Å²) < 4.78 is 10.1. The Bertz CT molecular complexity index is 480. The molecule has 19 heavy (non-hydrogen) atoms. The van der Waals surface area contributed by atoms with Crippen LogP contribution in [0.25, 0.3) is 0 Å². The molecule has 0 unspecified atom stereocenters. The van der Waals surface area contributed by atoms with E-state index in [1.54, 1.807) is 31.3 Å². The molecule has 2 rings (SSSR count). The van der Waals surface area contributed by atoms with Crippen LogP contribution in [0.3, 0.4) is 0 Å². The number of methoxy groups -OCH3 is 1. The highest BCUT2D eigenvalue weighted by molar-refractivity contribution is 6.03. The van der Waals surface area contributed by atoms with Crippen LogP contribution in [0.2, 0.25) is 0 Å². The highest BCUT2D eigenvalue weighted by atomic mass is 16.5. The molecule has 0 aromatic heterocycles. The standard InChI is InChI=1S/C14H17NO4/c1-15(13(16)12-8-5-9-19-12)11-7-4-3-6-10(11)14(17)18-2/h3-4,6-7,12H,5,8-9H2,1-2H3/t12-/m1/s1. The van der Waals surface area contributed by atoms with E-state index in [1.807, 2.05) is 0 Å². The third kappa shape index (κ3) is 2.76. The lowest BCUT2D eigenvalue weighted by atomic mass is 10.1. The van der Waals surface area contributed by atoms with Gasteiger partial charge in [-0.3, -0.25) is 4.79 Å². The van der Waals surface area contributed by atoms with E-state index < -0.39 is 12.1 Å². The van der Waals surface area contributed by atoms with Crippen LogP contribution < -0.4 is 4.90 Å². The lowest BCUT2D eigenvalue weighted by molar-refractivity contribution is -0.127. The maximum Gasteiger partial charge on any atom is 0.339 e. The van der Waals surface area contributed by atoms with Gasteiger partial charge in [0.15, 0.2) is 0 Å². The van der Waals surface area contributed by atoms with Gasteiger partial charge in [0.1, 0.15) is 6.10 Å². The summed E-state index contributed by atoms with van der Waals surface area (Å²) >= 11 is 0. The van der Waals surface area contributed by atoms with E-state index in [0.29, 0.717) is 17.9 Å². The van der Waals surface area contributed by atoms with Gasteiger partial charge >= 0.3 is 5.97 Å². The zero-order valence-corrected chi connectivity index (χ0v) is 11.1. The number of nitrogens with zero attached hydrogens (tertiary/aromatic N) is 1. The topological polar surface area (TPSA) is 55.8 Å². The normalized spacial score (nSPS) is 18.1. The van der Waals surface area contributed by atoms with Crippen molar-refractivity contribution in [2.45, 2.75) is 18.9 Å². The van der Waals surface area contributed by atoms with Gasteiger partial charge in [-0.2, -0.15) is 0 Å². The smallest absolute Gasteiger partial charge is 0.339 e. The van der Waals surface area contributed by atoms with Crippen molar-refractivity contribution in [1.82, 2.24) is 0 Å². The lowest BCUT2D eigenvalue weighted by Gasteiger charge is -2.22. The first kappa shape index (κ1) is 13.5. The van der Waals surface area contributed by atoms with E-state index in [1.165, 1.54) is 12.0 Å². The predicted molar refractivity (Wildman–Crippen MR) is 70.2 cm³/mol. The maximum absolute atomic E-state index is 12.3. The first-order chi connectivity index (χ1) is 9.15. The van der Waals surface area contributed by atoms with Gasteiger partial charge < -0.3 is 14.4 Å². The molecule has 0 spiro atoms. The summed E-state index contributed by atoms with van der Waals surface area (Å²) in [6.45, 7) is 0.614. The van der Waals surface area contributed by atoms with E-state index in [2.05, 4.69) is 0 Å². The van der Waals surface area contributed by atoms with Gasteiger partial charge in [-0.05, 0) is 25.0 Å². The number of benzene rings is 1. The Labute approximate surface area is 112 Å². The second kappa shape index (κ2) is 5.84. The van der Waals surface area contributed by atoms with Gasteiger partial charge in [0.25, 0.3) is 5.91 Å². The number of likely N-dealkylation sites (N-methyl/N-ethyl adjacent to an activating group) is 1. The average molecular weight is 263 g/mol. The zero-order valence-electron chi connectivity index (χ0n) is 11.1. The van der Waals surface area contributed by atoms with Crippen LogP contribution in [-0.2, 0) is 14.3 Å². The molecule has 1 fully saturated rings. The maximum atomic E-state index is 12.3. The molecule has 0 N–H and O–H groups in total. The van der Waals surface area contributed by atoms with Crippen LogP contribution in [-0.4, -0.2) is 38.7 Å². The summed E-state index contributed by atoms with van der Waals surface area (Å²) in [5, 5.41) is 0. The largest absolute Gasteiger partial charge is 0.465 e. The fourth-order valence-electron chi connectivity index (χ4n) is 2.16. The van der Waals surface area contributed by atoms with Crippen LogP contribution in [0.5, 0.6) is 0 Å². The van der Waals surface area contributed by atoms with E-state index in [9.17, 15) is 9.59 Å². The Balaban J connectivity index is 2.25. The molecule has 5 heteroatoms.